The molecule has 108 valence electrons. The summed E-state index contributed by atoms with van der Waals surface area (Å²) in [6, 6.07) is 7.13. The molecule has 0 radical (unpaired) electrons. The summed E-state index contributed by atoms with van der Waals surface area (Å²) in [5.41, 5.74) is 1.18. The van der Waals surface area contributed by atoms with Gasteiger partial charge in [-0.1, -0.05) is 12.1 Å². The van der Waals surface area contributed by atoms with Gasteiger partial charge < -0.3 is 15.2 Å². The highest BCUT2D eigenvalue weighted by Crippen LogP contribution is 2.12. The minimum atomic E-state index is -1.22. The number of anilines is 1. The molecule has 0 atom stereocenters. The van der Waals surface area contributed by atoms with Gasteiger partial charge in [-0.2, -0.15) is 0 Å². The Bertz CT molecular complexity index is 638. The number of carbonyl (C=O) groups is 2. The second-order valence-electron chi connectivity index (χ2n) is 4.17. The fourth-order valence-electron chi connectivity index (χ4n) is 1.64. The predicted molar refractivity (Wildman–Crippen MR) is 74.3 cm³/mol. The average Bonchev–Trinajstić information content (AvgIpc) is 2.48. The molecule has 0 aliphatic heterocycles. The molecule has 7 nitrogen and oxygen atoms in total. The van der Waals surface area contributed by atoms with E-state index in [1.54, 1.807) is 31.4 Å². The zero-order chi connectivity index (χ0) is 15.2. The first-order valence-corrected chi connectivity index (χ1v) is 6.06. The standard InChI is InChI=1S/C14H13N3O4/c1-21-11-4-2-9(3-5-11)6-12(18)17-10-7-15-13(14(19)20)16-8-10/h2-5,7-8H,6H2,1H3,(H,17,18)(H,19,20). The van der Waals surface area contributed by atoms with Crippen LogP contribution in [0.2, 0.25) is 0 Å². The van der Waals surface area contributed by atoms with E-state index >= 15 is 0 Å². The van der Waals surface area contributed by atoms with Gasteiger partial charge in [0.2, 0.25) is 11.7 Å². The number of benzene rings is 1. The van der Waals surface area contributed by atoms with E-state index in [-0.39, 0.29) is 18.2 Å². The lowest BCUT2D eigenvalue weighted by molar-refractivity contribution is -0.115. The van der Waals surface area contributed by atoms with E-state index in [1.807, 2.05) is 0 Å². The first kappa shape index (κ1) is 14.4. The van der Waals surface area contributed by atoms with Crippen LogP contribution in [0.1, 0.15) is 16.2 Å². The highest BCUT2D eigenvalue weighted by Gasteiger charge is 2.08. The molecule has 1 heterocycles. The molecule has 7 heteroatoms. The van der Waals surface area contributed by atoms with Crippen molar-refractivity contribution in [1.82, 2.24) is 9.97 Å². The van der Waals surface area contributed by atoms with Crippen LogP contribution in [0, 0.1) is 0 Å². The molecule has 0 aliphatic rings. The maximum absolute atomic E-state index is 11.8. The molecule has 0 saturated carbocycles. The van der Waals surface area contributed by atoms with Crippen molar-refractivity contribution in [2.45, 2.75) is 6.42 Å². The van der Waals surface area contributed by atoms with Gasteiger partial charge in [-0.15, -0.1) is 0 Å². The molecule has 0 aliphatic carbocycles. The maximum atomic E-state index is 11.8. The van der Waals surface area contributed by atoms with Gasteiger partial charge in [-0.05, 0) is 17.7 Å². The minimum Gasteiger partial charge on any atom is -0.497 e. The van der Waals surface area contributed by atoms with Crippen LogP contribution in [0.3, 0.4) is 0 Å². The zero-order valence-corrected chi connectivity index (χ0v) is 11.2. The number of carbonyl (C=O) groups excluding carboxylic acids is 1. The fraction of sp³-hybridized carbons (Fsp3) is 0.143. The molecule has 2 N–H and O–H groups in total. The molecule has 1 aromatic heterocycles. The van der Waals surface area contributed by atoms with E-state index < -0.39 is 5.97 Å². The Labute approximate surface area is 120 Å². The summed E-state index contributed by atoms with van der Waals surface area (Å²) in [5.74, 6) is -1.06. The number of hydrogen-bond donors (Lipinski definition) is 2. The molecular formula is C14H13N3O4. The summed E-state index contributed by atoms with van der Waals surface area (Å²) in [7, 11) is 1.57. The number of aromatic nitrogens is 2. The van der Waals surface area contributed by atoms with E-state index in [0.29, 0.717) is 5.69 Å². The summed E-state index contributed by atoms with van der Waals surface area (Å²) < 4.78 is 5.04. The molecule has 0 saturated heterocycles. The molecule has 0 spiro atoms. The first-order valence-electron chi connectivity index (χ1n) is 6.06. The van der Waals surface area contributed by atoms with Gasteiger partial charge >= 0.3 is 5.97 Å². The van der Waals surface area contributed by atoms with E-state index in [2.05, 4.69) is 15.3 Å². The summed E-state index contributed by atoms with van der Waals surface area (Å²) in [6.45, 7) is 0. The Morgan fingerprint density at radius 2 is 1.81 bits per heavy atom. The lowest BCUT2D eigenvalue weighted by Gasteiger charge is -2.05. The van der Waals surface area contributed by atoms with Gasteiger partial charge in [0, 0.05) is 0 Å². The Kier molecular flexibility index (Phi) is 4.45. The molecular weight excluding hydrogens is 274 g/mol. The molecule has 1 amide bonds. The van der Waals surface area contributed by atoms with Crippen molar-refractivity contribution in [3.8, 4) is 5.75 Å². The van der Waals surface area contributed by atoms with Crippen molar-refractivity contribution in [3.63, 3.8) is 0 Å². The highest BCUT2D eigenvalue weighted by molar-refractivity contribution is 5.92. The molecule has 2 aromatic rings. The number of hydrogen-bond acceptors (Lipinski definition) is 5. The highest BCUT2D eigenvalue weighted by atomic mass is 16.5. The van der Waals surface area contributed by atoms with Gasteiger partial charge in [0.05, 0.1) is 31.6 Å². The van der Waals surface area contributed by atoms with Crippen LogP contribution in [-0.2, 0) is 11.2 Å². The molecule has 0 bridgehead atoms. The van der Waals surface area contributed by atoms with E-state index in [4.69, 9.17) is 9.84 Å². The van der Waals surface area contributed by atoms with Crippen LogP contribution >= 0.6 is 0 Å². The van der Waals surface area contributed by atoms with Crippen LogP contribution in [0.15, 0.2) is 36.7 Å². The summed E-state index contributed by atoms with van der Waals surface area (Å²) in [4.78, 5) is 29.7. The SMILES string of the molecule is COc1ccc(CC(=O)Nc2cnc(C(=O)O)nc2)cc1. The Morgan fingerprint density at radius 3 is 2.33 bits per heavy atom. The van der Waals surface area contributed by atoms with E-state index in [0.717, 1.165) is 11.3 Å². The topological polar surface area (TPSA) is 101 Å². The first-order chi connectivity index (χ1) is 10.1. The van der Waals surface area contributed by atoms with Gasteiger partial charge in [0.15, 0.2) is 0 Å². The third kappa shape index (κ3) is 4.00. The lowest BCUT2D eigenvalue weighted by atomic mass is 10.1. The molecule has 0 fully saturated rings. The largest absolute Gasteiger partial charge is 0.497 e. The van der Waals surface area contributed by atoms with E-state index in [1.165, 1.54) is 12.4 Å². The summed E-state index contributed by atoms with van der Waals surface area (Å²) in [5, 5.41) is 11.3. The van der Waals surface area contributed by atoms with Crippen molar-refractivity contribution >= 4 is 17.6 Å². The number of nitrogens with zero attached hydrogens (tertiary/aromatic N) is 2. The number of rotatable bonds is 5. The quantitative estimate of drug-likeness (QED) is 0.861. The third-order valence-electron chi connectivity index (χ3n) is 2.65. The van der Waals surface area contributed by atoms with Crippen molar-refractivity contribution < 1.29 is 19.4 Å². The van der Waals surface area contributed by atoms with E-state index in [9.17, 15) is 9.59 Å². The smallest absolute Gasteiger partial charge is 0.373 e. The van der Waals surface area contributed by atoms with Crippen LogP contribution in [0.5, 0.6) is 5.75 Å². The van der Waals surface area contributed by atoms with Crippen LogP contribution in [0.4, 0.5) is 5.69 Å². The molecule has 1 aromatic carbocycles. The van der Waals surface area contributed by atoms with Crippen molar-refractivity contribution in [2.75, 3.05) is 12.4 Å². The average molecular weight is 287 g/mol. The van der Waals surface area contributed by atoms with Crippen LogP contribution in [-0.4, -0.2) is 34.1 Å². The number of methoxy groups -OCH3 is 1. The van der Waals surface area contributed by atoms with Crippen molar-refractivity contribution in [3.05, 3.63) is 48.0 Å². The number of nitrogens with one attached hydrogen (secondary N) is 1. The maximum Gasteiger partial charge on any atom is 0.373 e. The van der Waals surface area contributed by atoms with Gasteiger partial charge in [-0.3, -0.25) is 4.79 Å². The zero-order valence-electron chi connectivity index (χ0n) is 11.2. The minimum absolute atomic E-state index is 0.185. The Morgan fingerprint density at radius 1 is 1.19 bits per heavy atom. The van der Waals surface area contributed by atoms with Gasteiger partial charge in [-0.25, -0.2) is 14.8 Å². The third-order valence-corrected chi connectivity index (χ3v) is 2.65. The lowest BCUT2D eigenvalue weighted by Crippen LogP contribution is -2.15. The van der Waals surface area contributed by atoms with Crippen molar-refractivity contribution in [2.24, 2.45) is 0 Å². The summed E-state index contributed by atoms with van der Waals surface area (Å²) >= 11 is 0. The van der Waals surface area contributed by atoms with Crippen LogP contribution < -0.4 is 10.1 Å². The number of carboxylic acid groups (broad SMARTS) is 1. The molecule has 2 rings (SSSR count). The van der Waals surface area contributed by atoms with Gasteiger partial charge in [0.1, 0.15) is 5.75 Å². The molecule has 0 unspecified atom stereocenters. The number of amides is 1. The second kappa shape index (κ2) is 6.47. The monoisotopic (exact) mass is 287 g/mol. The fourth-order valence-corrected chi connectivity index (χ4v) is 1.64. The second-order valence-corrected chi connectivity index (χ2v) is 4.17. The van der Waals surface area contributed by atoms with Crippen LogP contribution in [0.25, 0.3) is 0 Å². The summed E-state index contributed by atoms with van der Waals surface area (Å²) in [6.07, 6.45) is 2.69. The van der Waals surface area contributed by atoms with Crippen molar-refractivity contribution in [1.29, 1.82) is 0 Å². The Hall–Kier alpha value is -2.96. The Balaban J connectivity index is 1.95. The normalized spacial score (nSPS) is 9.95. The molecule has 21 heavy (non-hydrogen) atoms. The number of carboxylic acids is 1. The number of aromatic carboxylic acids is 1. The predicted octanol–water partition coefficient (Wildman–Crippen LogP) is 1.36. The number of ether oxygens (including phenoxy) is 1. The van der Waals surface area contributed by atoms with Gasteiger partial charge in [0.25, 0.3) is 0 Å².